The number of aliphatic hydroxyl groups is 5. The van der Waals surface area contributed by atoms with E-state index < -0.39 is 36.8 Å². The van der Waals surface area contributed by atoms with Crippen molar-refractivity contribution in [2.45, 2.75) is 56.8 Å². The lowest BCUT2D eigenvalue weighted by molar-refractivity contribution is -0.287. The highest BCUT2D eigenvalue weighted by Crippen LogP contribution is 2.28. The van der Waals surface area contributed by atoms with Crippen LogP contribution in [0.15, 0.2) is 36.5 Å². The van der Waals surface area contributed by atoms with E-state index in [0.29, 0.717) is 23.3 Å². The van der Waals surface area contributed by atoms with Gasteiger partial charge in [-0.3, -0.25) is 0 Å². The van der Waals surface area contributed by atoms with Gasteiger partial charge in [0.1, 0.15) is 30.2 Å². The number of hydrogen-bond acceptors (Lipinski definition) is 9. The molecule has 1 aromatic carbocycles. The lowest BCUT2D eigenvalue weighted by Crippen LogP contribution is -2.61. The molecule has 1 fully saturated rings. The monoisotopic (exact) mass is 421 g/mol. The molecule has 1 aromatic heterocycles. The fraction of sp³-hybridized carbons (Fsp3) is 0.476. The predicted molar refractivity (Wildman–Crippen MR) is 105 cm³/mol. The van der Waals surface area contributed by atoms with Crippen molar-refractivity contribution in [1.29, 1.82) is 0 Å². The number of aliphatic hydroxyl groups excluding tert-OH is 5. The third-order valence-electron chi connectivity index (χ3n) is 5.03. The lowest BCUT2D eigenvalue weighted by atomic mass is 9.96. The summed E-state index contributed by atoms with van der Waals surface area (Å²) < 4.78 is 16.4. The van der Waals surface area contributed by atoms with Crippen LogP contribution in [0.4, 0.5) is 0 Å². The molecule has 1 saturated heterocycles. The van der Waals surface area contributed by atoms with Crippen LogP contribution < -0.4 is 9.47 Å². The molecule has 2 aromatic rings. The van der Waals surface area contributed by atoms with Crippen LogP contribution in [-0.4, -0.2) is 74.4 Å². The molecule has 0 bridgehead atoms. The van der Waals surface area contributed by atoms with Crippen LogP contribution in [0, 0.1) is 0 Å². The zero-order valence-corrected chi connectivity index (χ0v) is 16.8. The Morgan fingerprint density at radius 2 is 1.77 bits per heavy atom. The summed E-state index contributed by atoms with van der Waals surface area (Å²) >= 11 is 0. The summed E-state index contributed by atoms with van der Waals surface area (Å²) in [5, 5.41) is 49.7. The summed E-state index contributed by atoms with van der Waals surface area (Å²) in [5.41, 5.74) is 2.13. The number of hydrogen-bond donors (Lipinski definition) is 5. The number of benzene rings is 1. The van der Waals surface area contributed by atoms with Crippen molar-refractivity contribution >= 4 is 0 Å². The largest absolute Gasteiger partial charge is 0.497 e. The van der Waals surface area contributed by atoms with Crippen LogP contribution >= 0.6 is 0 Å². The van der Waals surface area contributed by atoms with Crippen LogP contribution in [-0.2, 0) is 17.8 Å². The van der Waals surface area contributed by atoms with Crippen molar-refractivity contribution in [3.63, 3.8) is 0 Å². The fourth-order valence-electron chi connectivity index (χ4n) is 3.31. The quantitative estimate of drug-likeness (QED) is 0.409. The molecule has 0 saturated carbocycles. The maximum absolute atomic E-state index is 10.3. The fourth-order valence-corrected chi connectivity index (χ4v) is 3.31. The van der Waals surface area contributed by atoms with Crippen molar-refractivity contribution < 1.29 is 39.7 Å². The van der Waals surface area contributed by atoms with Gasteiger partial charge in [0, 0.05) is 18.2 Å². The van der Waals surface area contributed by atoms with Gasteiger partial charge >= 0.3 is 0 Å². The maximum Gasteiger partial charge on any atom is 0.231 e. The van der Waals surface area contributed by atoms with Crippen LogP contribution in [0.3, 0.4) is 0 Å². The van der Waals surface area contributed by atoms with Crippen LogP contribution in [0.25, 0.3) is 0 Å². The molecule has 9 heteroatoms. The Morgan fingerprint density at radius 3 is 2.37 bits per heavy atom. The van der Waals surface area contributed by atoms with E-state index in [0.717, 1.165) is 5.56 Å². The molecule has 2 heterocycles. The molecule has 9 nitrogen and oxygen atoms in total. The molecule has 0 spiro atoms. The van der Waals surface area contributed by atoms with Crippen LogP contribution in [0.5, 0.6) is 11.6 Å². The summed E-state index contributed by atoms with van der Waals surface area (Å²) in [4.78, 5) is 4.22. The Labute approximate surface area is 174 Å². The normalized spacial score (nSPS) is 27.5. The zero-order chi connectivity index (χ0) is 21.8. The van der Waals surface area contributed by atoms with Gasteiger partial charge in [0.15, 0.2) is 0 Å². The second-order valence-corrected chi connectivity index (χ2v) is 7.29. The number of rotatable bonds is 7. The molecule has 30 heavy (non-hydrogen) atoms. The molecule has 1 aliphatic rings. The van der Waals surface area contributed by atoms with E-state index in [1.165, 1.54) is 13.1 Å². The molecule has 3 rings (SSSR count). The molecule has 164 valence electrons. The van der Waals surface area contributed by atoms with Crippen LogP contribution in [0.1, 0.15) is 23.6 Å². The second-order valence-electron chi connectivity index (χ2n) is 7.29. The minimum atomic E-state index is -1.56. The minimum Gasteiger partial charge on any atom is -0.497 e. The van der Waals surface area contributed by atoms with Crippen LogP contribution in [0.2, 0.25) is 0 Å². The first-order valence-electron chi connectivity index (χ1n) is 9.60. The summed E-state index contributed by atoms with van der Waals surface area (Å²) in [6.07, 6.45) is -6.35. The number of ether oxygens (including phenoxy) is 3. The number of pyridine rings is 1. The zero-order valence-electron chi connectivity index (χ0n) is 16.8. The van der Waals surface area contributed by atoms with Gasteiger partial charge in [-0.1, -0.05) is 12.1 Å². The molecule has 1 aliphatic heterocycles. The number of aromatic nitrogens is 1. The molecule has 6 atom stereocenters. The Morgan fingerprint density at radius 1 is 1.07 bits per heavy atom. The lowest BCUT2D eigenvalue weighted by Gasteiger charge is -2.41. The average molecular weight is 421 g/mol. The Kier molecular flexibility index (Phi) is 7.24. The molecular weight excluding hydrogens is 394 g/mol. The van der Waals surface area contributed by atoms with Gasteiger partial charge in [-0.15, -0.1) is 0 Å². The first-order chi connectivity index (χ1) is 14.3. The number of nitrogens with zero attached hydrogens (tertiary/aromatic N) is 1. The van der Waals surface area contributed by atoms with Crippen molar-refractivity contribution in [2.24, 2.45) is 0 Å². The topological polar surface area (TPSA) is 142 Å². The van der Waals surface area contributed by atoms with E-state index in [1.807, 2.05) is 24.3 Å². The van der Waals surface area contributed by atoms with Crippen molar-refractivity contribution in [3.05, 3.63) is 53.2 Å². The van der Waals surface area contributed by atoms with Gasteiger partial charge in [0.2, 0.25) is 12.2 Å². The summed E-state index contributed by atoms with van der Waals surface area (Å²) in [5.74, 6) is 0.855. The van der Waals surface area contributed by atoms with Gasteiger partial charge in [-0.2, -0.15) is 0 Å². The predicted octanol–water partition coefficient (Wildman–Crippen LogP) is -0.260. The molecule has 0 radical (unpaired) electrons. The number of methoxy groups -OCH3 is 1. The SMILES string of the molecule is COc1ccc(Cc2cc(CO)cnc2O[C@@H]2O[C@H]([C@@H](C)O)[C@@H](O)[C@H](O)[C@H]2O)cc1. The van der Waals surface area contributed by atoms with Gasteiger partial charge in [0.25, 0.3) is 0 Å². The molecule has 5 N–H and O–H groups in total. The van der Waals surface area contributed by atoms with E-state index in [9.17, 15) is 25.5 Å². The first kappa shape index (κ1) is 22.4. The van der Waals surface area contributed by atoms with Crippen molar-refractivity contribution in [3.8, 4) is 11.6 Å². The second kappa shape index (κ2) is 9.69. The van der Waals surface area contributed by atoms with E-state index in [4.69, 9.17) is 14.2 Å². The van der Waals surface area contributed by atoms with Crippen molar-refractivity contribution in [1.82, 2.24) is 4.98 Å². The Bertz CT molecular complexity index is 828. The van der Waals surface area contributed by atoms with Gasteiger partial charge in [-0.25, -0.2) is 4.98 Å². The summed E-state index contributed by atoms with van der Waals surface area (Å²) in [7, 11) is 1.58. The highest BCUT2D eigenvalue weighted by atomic mass is 16.7. The highest BCUT2D eigenvalue weighted by Gasteiger charge is 2.46. The Balaban J connectivity index is 1.85. The van der Waals surface area contributed by atoms with E-state index in [1.54, 1.807) is 13.2 Å². The summed E-state index contributed by atoms with van der Waals surface area (Å²) in [6, 6.07) is 9.11. The van der Waals surface area contributed by atoms with E-state index in [-0.39, 0.29) is 12.5 Å². The highest BCUT2D eigenvalue weighted by molar-refractivity contribution is 5.37. The van der Waals surface area contributed by atoms with E-state index in [2.05, 4.69) is 4.98 Å². The first-order valence-corrected chi connectivity index (χ1v) is 9.60. The van der Waals surface area contributed by atoms with E-state index >= 15 is 0 Å². The third kappa shape index (κ3) is 4.89. The van der Waals surface area contributed by atoms with Gasteiger partial charge < -0.3 is 39.7 Å². The minimum absolute atomic E-state index is 0.139. The molecular formula is C21H27NO8. The molecule has 0 unspecified atom stereocenters. The maximum atomic E-state index is 10.3. The Hall–Kier alpha value is -2.27. The molecule has 0 amide bonds. The van der Waals surface area contributed by atoms with Crippen molar-refractivity contribution in [2.75, 3.05) is 7.11 Å². The van der Waals surface area contributed by atoms with Gasteiger partial charge in [0.05, 0.1) is 19.8 Å². The molecule has 0 aliphatic carbocycles. The van der Waals surface area contributed by atoms with Gasteiger partial charge in [-0.05, 0) is 36.2 Å². The smallest absolute Gasteiger partial charge is 0.231 e. The average Bonchev–Trinajstić information content (AvgIpc) is 2.75. The third-order valence-corrected chi connectivity index (χ3v) is 5.03. The summed E-state index contributed by atoms with van der Waals surface area (Å²) in [6.45, 7) is 1.19. The standard InChI is InChI=1S/C21H27NO8/c1-11(24)19-17(26)16(25)18(27)21(29-19)30-20-14(8-13(10-23)9-22-20)7-12-3-5-15(28-2)6-4-12/h3-6,8-9,11,16-19,21,23-27H,7,10H2,1-2H3/t11-,16+,17+,18-,19-,21+/m1/s1.